The fraction of sp³-hybridized carbons (Fsp3) is 0.286. The maximum Gasteiger partial charge on any atom is 0.246 e. The van der Waals surface area contributed by atoms with Crippen molar-refractivity contribution >= 4 is 40.1 Å². The van der Waals surface area contributed by atoms with Gasteiger partial charge in [0, 0.05) is 30.4 Å². The van der Waals surface area contributed by atoms with E-state index in [2.05, 4.69) is 15.3 Å². The van der Waals surface area contributed by atoms with E-state index in [9.17, 15) is 9.18 Å². The smallest absolute Gasteiger partial charge is 0.246 e. The Morgan fingerprint density at radius 2 is 2.23 bits per heavy atom. The number of anilines is 2. The number of fused-ring (bicyclic) bond motifs is 3. The molecular formula is C21H21ClFN5O2. The highest BCUT2D eigenvalue weighted by Crippen LogP contribution is 2.34. The minimum absolute atomic E-state index is 0.0241. The van der Waals surface area contributed by atoms with Gasteiger partial charge in [-0.05, 0) is 38.7 Å². The summed E-state index contributed by atoms with van der Waals surface area (Å²) in [6.07, 6.45) is 5.47. The van der Waals surface area contributed by atoms with E-state index in [1.807, 2.05) is 25.1 Å². The Morgan fingerprint density at radius 1 is 1.40 bits per heavy atom. The zero-order valence-corrected chi connectivity index (χ0v) is 17.4. The summed E-state index contributed by atoms with van der Waals surface area (Å²) in [5, 5.41) is 3.96. The maximum atomic E-state index is 13.4. The molecule has 156 valence electrons. The highest BCUT2D eigenvalue weighted by Gasteiger charge is 2.27. The molecule has 0 bridgehead atoms. The Morgan fingerprint density at radius 3 is 3.00 bits per heavy atom. The SMILES string of the molecule is CN(C)CC=CC(=O)N1CCc2c(oc3ncnc(Nc4ccc(F)c(Cl)c4)c23)C1. The average Bonchev–Trinajstić information content (AvgIpc) is 3.09. The molecule has 1 aliphatic heterocycles. The molecule has 3 heterocycles. The van der Waals surface area contributed by atoms with Crippen LogP contribution in [0.25, 0.3) is 11.1 Å². The first-order chi connectivity index (χ1) is 14.4. The molecule has 0 radical (unpaired) electrons. The Labute approximate surface area is 178 Å². The zero-order valence-electron chi connectivity index (χ0n) is 16.7. The number of halogens is 2. The molecule has 0 saturated heterocycles. The minimum Gasteiger partial charge on any atom is -0.440 e. The number of aromatic nitrogens is 2. The van der Waals surface area contributed by atoms with E-state index >= 15 is 0 Å². The van der Waals surface area contributed by atoms with Gasteiger partial charge in [-0.3, -0.25) is 4.79 Å². The third kappa shape index (κ3) is 4.15. The van der Waals surface area contributed by atoms with Crippen LogP contribution in [-0.2, 0) is 17.8 Å². The van der Waals surface area contributed by atoms with Crippen molar-refractivity contribution in [2.75, 3.05) is 32.5 Å². The summed E-state index contributed by atoms with van der Waals surface area (Å²) >= 11 is 5.88. The highest BCUT2D eigenvalue weighted by atomic mass is 35.5. The minimum atomic E-state index is -0.486. The Bertz CT molecular complexity index is 1130. The van der Waals surface area contributed by atoms with E-state index in [4.69, 9.17) is 16.0 Å². The first kappa shape index (κ1) is 20.3. The van der Waals surface area contributed by atoms with E-state index in [1.54, 1.807) is 17.0 Å². The standard InChI is InChI=1S/C21H21ClFN5O2/c1-27(2)8-3-4-18(29)28-9-7-14-17(11-28)30-21-19(14)20(24-12-25-21)26-13-5-6-16(23)15(22)10-13/h3-6,10,12H,7-9,11H2,1-2H3,(H,24,25,26). The second kappa shape index (κ2) is 8.41. The van der Waals surface area contributed by atoms with Gasteiger partial charge in [0.05, 0.1) is 17.0 Å². The molecule has 1 amide bonds. The summed E-state index contributed by atoms with van der Waals surface area (Å²) in [5.41, 5.74) is 2.03. The summed E-state index contributed by atoms with van der Waals surface area (Å²) in [6, 6.07) is 4.38. The largest absolute Gasteiger partial charge is 0.440 e. The lowest BCUT2D eigenvalue weighted by atomic mass is 10.0. The van der Waals surface area contributed by atoms with Crippen molar-refractivity contribution in [2.24, 2.45) is 0 Å². The van der Waals surface area contributed by atoms with E-state index in [0.717, 1.165) is 10.9 Å². The van der Waals surface area contributed by atoms with Crippen LogP contribution in [0.5, 0.6) is 0 Å². The van der Waals surface area contributed by atoms with E-state index in [1.165, 1.54) is 18.5 Å². The van der Waals surface area contributed by atoms with Crippen molar-refractivity contribution in [3.63, 3.8) is 0 Å². The van der Waals surface area contributed by atoms with Gasteiger partial charge < -0.3 is 19.5 Å². The number of hydrogen-bond acceptors (Lipinski definition) is 6. The number of carbonyl (C=O) groups excluding carboxylic acids is 1. The normalized spacial score (nSPS) is 14.0. The van der Waals surface area contributed by atoms with Crippen molar-refractivity contribution in [1.29, 1.82) is 0 Å². The summed E-state index contributed by atoms with van der Waals surface area (Å²) in [5.74, 6) is 0.720. The molecule has 0 saturated carbocycles. The molecule has 1 aromatic carbocycles. The van der Waals surface area contributed by atoms with Crippen LogP contribution in [0.1, 0.15) is 11.3 Å². The number of likely N-dealkylation sites (N-methyl/N-ethyl adjacent to an activating group) is 1. The van der Waals surface area contributed by atoms with Gasteiger partial charge in [-0.2, -0.15) is 0 Å². The van der Waals surface area contributed by atoms with Crippen molar-refractivity contribution in [1.82, 2.24) is 19.8 Å². The van der Waals surface area contributed by atoms with Crippen LogP contribution < -0.4 is 5.32 Å². The molecule has 1 aliphatic rings. The van der Waals surface area contributed by atoms with Gasteiger partial charge in [0.15, 0.2) is 0 Å². The molecule has 2 aromatic heterocycles. The second-order valence-electron chi connectivity index (χ2n) is 7.33. The summed E-state index contributed by atoms with van der Waals surface area (Å²) < 4.78 is 19.4. The number of nitrogens with one attached hydrogen (secondary N) is 1. The van der Waals surface area contributed by atoms with Gasteiger partial charge in [-0.25, -0.2) is 14.4 Å². The molecule has 0 fully saturated rings. The fourth-order valence-corrected chi connectivity index (χ4v) is 3.57. The number of nitrogens with zero attached hydrogens (tertiary/aromatic N) is 4. The van der Waals surface area contributed by atoms with E-state index in [0.29, 0.717) is 49.0 Å². The number of rotatable bonds is 5. The van der Waals surface area contributed by atoms with Crippen LogP contribution >= 0.6 is 11.6 Å². The monoisotopic (exact) mass is 429 g/mol. The second-order valence-corrected chi connectivity index (χ2v) is 7.74. The molecule has 4 rings (SSSR count). The van der Waals surface area contributed by atoms with Crippen LogP contribution in [0.3, 0.4) is 0 Å². The summed E-state index contributed by atoms with van der Waals surface area (Å²) in [6.45, 7) is 1.65. The summed E-state index contributed by atoms with van der Waals surface area (Å²) in [7, 11) is 3.89. The average molecular weight is 430 g/mol. The topological polar surface area (TPSA) is 74.5 Å². The fourth-order valence-electron chi connectivity index (χ4n) is 3.39. The number of benzene rings is 1. The van der Waals surface area contributed by atoms with E-state index in [-0.39, 0.29) is 10.9 Å². The predicted molar refractivity (Wildman–Crippen MR) is 113 cm³/mol. The van der Waals surface area contributed by atoms with Crippen LogP contribution in [0.15, 0.2) is 41.1 Å². The molecule has 0 spiro atoms. The van der Waals surface area contributed by atoms with Gasteiger partial charge in [0.2, 0.25) is 11.6 Å². The van der Waals surface area contributed by atoms with Crippen molar-refractivity contribution in [2.45, 2.75) is 13.0 Å². The van der Waals surface area contributed by atoms with Gasteiger partial charge in [0.1, 0.15) is 23.7 Å². The van der Waals surface area contributed by atoms with Gasteiger partial charge in [-0.1, -0.05) is 17.7 Å². The molecule has 0 unspecified atom stereocenters. The first-order valence-electron chi connectivity index (χ1n) is 9.50. The summed E-state index contributed by atoms with van der Waals surface area (Å²) in [4.78, 5) is 24.8. The molecule has 0 aliphatic carbocycles. The van der Waals surface area contributed by atoms with Gasteiger partial charge in [-0.15, -0.1) is 0 Å². The highest BCUT2D eigenvalue weighted by molar-refractivity contribution is 6.31. The van der Waals surface area contributed by atoms with Crippen LogP contribution in [0, 0.1) is 5.82 Å². The van der Waals surface area contributed by atoms with Gasteiger partial charge >= 0.3 is 0 Å². The van der Waals surface area contributed by atoms with Crippen molar-refractivity contribution in [3.8, 4) is 0 Å². The quantitative estimate of drug-likeness (QED) is 0.622. The number of hydrogen-bond donors (Lipinski definition) is 1. The third-order valence-electron chi connectivity index (χ3n) is 4.86. The van der Waals surface area contributed by atoms with E-state index < -0.39 is 5.82 Å². The van der Waals surface area contributed by atoms with Gasteiger partial charge in [0.25, 0.3) is 0 Å². The predicted octanol–water partition coefficient (Wildman–Crippen LogP) is 3.76. The maximum absolute atomic E-state index is 13.4. The number of amides is 1. The number of furan rings is 1. The Hall–Kier alpha value is -2.97. The molecule has 30 heavy (non-hydrogen) atoms. The third-order valence-corrected chi connectivity index (χ3v) is 5.15. The Balaban J connectivity index is 1.59. The molecular weight excluding hydrogens is 409 g/mol. The lowest BCUT2D eigenvalue weighted by Gasteiger charge is -2.25. The first-order valence-corrected chi connectivity index (χ1v) is 9.87. The van der Waals surface area contributed by atoms with Crippen LogP contribution in [0.4, 0.5) is 15.9 Å². The lowest BCUT2D eigenvalue weighted by molar-refractivity contribution is -0.127. The lowest BCUT2D eigenvalue weighted by Crippen LogP contribution is -2.34. The molecule has 7 nitrogen and oxygen atoms in total. The zero-order chi connectivity index (χ0) is 21.3. The van der Waals surface area contributed by atoms with Crippen LogP contribution in [-0.4, -0.2) is 52.9 Å². The molecule has 1 N–H and O–H groups in total. The molecule has 9 heteroatoms. The number of carbonyl (C=O) groups is 1. The van der Waals surface area contributed by atoms with Crippen molar-refractivity contribution < 1.29 is 13.6 Å². The van der Waals surface area contributed by atoms with Crippen molar-refractivity contribution in [3.05, 3.63) is 58.8 Å². The Kier molecular flexibility index (Phi) is 5.69. The molecule has 3 aromatic rings. The molecule has 0 atom stereocenters. The van der Waals surface area contributed by atoms with Crippen LogP contribution in [0.2, 0.25) is 5.02 Å².